The van der Waals surface area contributed by atoms with Crippen molar-refractivity contribution in [2.75, 3.05) is 11.9 Å². The van der Waals surface area contributed by atoms with Crippen molar-refractivity contribution in [3.8, 4) is 0 Å². The Morgan fingerprint density at radius 1 is 1.25 bits per heavy atom. The average molecular weight is 350 g/mol. The summed E-state index contributed by atoms with van der Waals surface area (Å²) in [6.45, 7) is 7.06. The molecule has 1 aromatic heterocycles. The van der Waals surface area contributed by atoms with Crippen molar-refractivity contribution in [2.45, 2.75) is 33.3 Å². The number of amides is 1. The first-order valence-electron chi connectivity index (χ1n) is 7.31. The Morgan fingerprint density at radius 2 is 1.96 bits per heavy atom. The maximum absolute atomic E-state index is 11.9. The lowest BCUT2D eigenvalue weighted by Crippen LogP contribution is -2.27. The number of hydrogen-bond donors (Lipinski definition) is 1. The molecule has 1 amide bonds. The van der Waals surface area contributed by atoms with E-state index in [4.69, 9.17) is 4.74 Å². The zero-order valence-electron chi connectivity index (χ0n) is 13.8. The number of carbonyl (C=O) groups excluding carboxylic acids is 3. The number of ether oxygens (including phenoxy) is 2. The predicted molar refractivity (Wildman–Crippen MR) is 90.4 cm³/mol. The number of hydrogen-bond acceptors (Lipinski definition) is 7. The van der Waals surface area contributed by atoms with Gasteiger partial charge in [0.1, 0.15) is 5.60 Å². The number of rotatable bonds is 4. The van der Waals surface area contributed by atoms with Crippen LogP contribution in [0.3, 0.4) is 0 Å². The van der Waals surface area contributed by atoms with Gasteiger partial charge < -0.3 is 9.47 Å². The van der Waals surface area contributed by atoms with Gasteiger partial charge in [0.2, 0.25) is 0 Å². The monoisotopic (exact) mass is 350 g/mol. The van der Waals surface area contributed by atoms with Crippen molar-refractivity contribution >= 4 is 45.1 Å². The third-order valence-corrected chi connectivity index (χ3v) is 3.71. The number of fused-ring (bicyclic) bond motifs is 1. The molecule has 0 saturated carbocycles. The first kappa shape index (κ1) is 17.9. The van der Waals surface area contributed by atoms with Crippen molar-refractivity contribution in [2.24, 2.45) is 0 Å². The molecule has 0 saturated heterocycles. The number of esters is 1. The Balaban J connectivity index is 2.18. The van der Waals surface area contributed by atoms with Gasteiger partial charge in [-0.2, -0.15) is 0 Å². The minimum Gasteiger partial charge on any atom is -0.460 e. The van der Waals surface area contributed by atoms with Gasteiger partial charge in [-0.1, -0.05) is 0 Å². The number of aromatic nitrogens is 1. The van der Waals surface area contributed by atoms with Gasteiger partial charge in [0, 0.05) is 5.69 Å². The van der Waals surface area contributed by atoms with Crippen LogP contribution in [0.2, 0.25) is 0 Å². The highest BCUT2D eigenvalue weighted by Crippen LogP contribution is 2.26. The van der Waals surface area contributed by atoms with E-state index in [1.165, 1.54) is 0 Å². The summed E-state index contributed by atoms with van der Waals surface area (Å²) in [7, 11) is 0. The highest BCUT2D eigenvalue weighted by molar-refractivity contribution is 7.21. The molecule has 7 nitrogen and oxygen atoms in total. The van der Waals surface area contributed by atoms with E-state index < -0.39 is 23.4 Å². The molecule has 0 atom stereocenters. The zero-order chi connectivity index (χ0) is 17.9. The van der Waals surface area contributed by atoms with Gasteiger partial charge in [0.05, 0.1) is 16.8 Å². The summed E-state index contributed by atoms with van der Waals surface area (Å²) in [5.74, 6) is -1.71. The second kappa shape index (κ2) is 6.96. The summed E-state index contributed by atoms with van der Waals surface area (Å²) in [5, 5.41) is 2.67. The third kappa shape index (κ3) is 4.51. The Morgan fingerprint density at radius 3 is 2.58 bits per heavy atom. The molecule has 128 valence electrons. The maximum atomic E-state index is 11.9. The van der Waals surface area contributed by atoms with E-state index in [9.17, 15) is 14.4 Å². The molecule has 0 unspecified atom stereocenters. The number of benzene rings is 1. The van der Waals surface area contributed by atoms with Crippen LogP contribution in [-0.4, -0.2) is 35.0 Å². The van der Waals surface area contributed by atoms with Crippen molar-refractivity contribution in [1.82, 2.24) is 4.98 Å². The lowest BCUT2D eigenvalue weighted by molar-refractivity contribution is -0.137. The minimum atomic E-state index is -0.927. The fourth-order valence-electron chi connectivity index (χ4n) is 1.80. The van der Waals surface area contributed by atoms with Gasteiger partial charge in [-0.05, 0) is 45.9 Å². The van der Waals surface area contributed by atoms with Gasteiger partial charge in [-0.15, -0.1) is 11.3 Å². The van der Waals surface area contributed by atoms with Gasteiger partial charge >= 0.3 is 12.1 Å². The molecule has 8 heteroatoms. The number of carbonyl (C=O) groups is 3. The Kier molecular flexibility index (Phi) is 5.18. The Bertz CT molecular complexity index is 791. The van der Waals surface area contributed by atoms with Crippen LogP contribution >= 0.6 is 11.3 Å². The lowest BCUT2D eigenvalue weighted by Gasteiger charge is -2.19. The molecular formula is C16H18N2O5S. The van der Waals surface area contributed by atoms with Gasteiger partial charge in [-0.3, -0.25) is 10.1 Å². The van der Waals surface area contributed by atoms with E-state index in [1.807, 2.05) is 0 Å². The molecule has 1 aromatic carbocycles. The average Bonchev–Trinajstić information content (AvgIpc) is 2.87. The second-order valence-electron chi connectivity index (χ2n) is 5.88. The standard InChI is InChI=1S/C16H18N2O5S/c1-5-22-14(20)12(19)13-18-10-7-6-9(8-11(10)24-13)17-15(21)23-16(2,3)4/h6-8H,5H2,1-4H3,(H,17,21). The number of anilines is 1. The molecule has 1 N–H and O–H groups in total. The van der Waals surface area contributed by atoms with E-state index in [0.29, 0.717) is 15.9 Å². The van der Waals surface area contributed by atoms with Crippen molar-refractivity contribution in [3.63, 3.8) is 0 Å². The SMILES string of the molecule is CCOC(=O)C(=O)c1nc2ccc(NC(=O)OC(C)(C)C)cc2s1. The minimum absolute atomic E-state index is 0.0536. The molecule has 0 aliphatic carbocycles. The molecule has 0 radical (unpaired) electrons. The van der Waals surface area contributed by atoms with Crippen LogP contribution in [0.15, 0.2) is 18.2 Å². The molecule has 0 aliphatic heterocycles. The van der Waals surface area contributed by atoms with E-state index in [-0.39, 0.29) is 11.6 Å². The molecular weight excluding hydrogens is 332 g/mol. The normalized spacial score (nSPS) is 11.2. The maximum Gasteiger partial charge on any atom is 0.412 e. The summed E-state index contributed by atoms with van der Waals surface area (Å²) in [6, 6.07) is 4.96. The van der Waals surface area contributed by atoms with E-state index >= 15 is 0 Å². The fourth-order valence-corrected chi connectivity index (χ4v) is 2.74. The molecule has 0 bridgehead atoms. The van der Waals surface area contributed by atoms with Crippen LogP contribution in [0.25, 0.3) is 10.2 Å². The highest BCUT2D eigenvalue weighted by atomic mass is 32.1. The fraction of sp³-hybridized carbons (Fsp3) is 0.375. The smallest absolute Gasteiger partial charge is 0.412 e. The summed E-state index contributed by atoms with van der Waals surface area (Å²) < 4.78 is 10.5. The molecule has 1 heterocycles. The van der Waals surface area contributed by atoms with Gasteiger partial charge in [0.25, 0.3) is 5.78 Å². The van der Waals surface area contributed by atoms with Crippen LogP contribution in [0, 0.1) is 0 Å². The van der Waals surface area contributed by atoms with Crippen molar-refractivity contribution in [1.29, 1.82) is 0 Å². The summed E-state index contributed by atoms with van der Waals surface area (Å²) in [6.07, 6.45) is -0.575. The summed E-state index contributed by atoms with van der Waals surface area (Å²) in [4.78, 5) is 39.3. The predicted octanol–water partition coefficient (Wildman–Crippen LogP) is 3.39. The number of ketones is 1. The van der Waals surface area contributed by atoms with Crippen LogP contribution < -0.4 is 5.32 Å². The van der Waals surface area contributed by atoms with E-state index in [0.717, 1.165) is 11.3 Å². The summed E-state index contributed by atoms with van der Waals surface area (Å²) in [5.41, 5.74) is 0.468. The topological polar surface area (TPSA) is 94.6 Å². The molecule has 0 spiro atoms. The van der Waals surface area contributed by atoms with E-state index in [1.54, 1.807) is 45.9 Å². The van der Waals surface area contributed by atoms with Crippen LogP contribution in [0.1, 0.15) is 37.5 Å². The number of thiazole rings is 1. The highest BCUT2D eigenvalue weighted by Gasteiger charge is 2.22. The lowest BCUT2D eigenvalue weighted by atomic mass is 10.2. The zero-order valence-corrected chi connectivity index (χ0v) is 14.7. The van der Waals surface area contributed by atoms with Crippen LogP contribution in [-0.2, 0) is 14.3 Å². The van der Waals surface area contributed by atoms with E-state index in [2.05, 4.69) is 15.0 Å². The number of nitrogens with one attached hydrogen (secondary N) is 1. The number of Topliss-reactive ketones (excluding diaryl/α,β-unsaturated/α-hetero) is 1. The molecule has 0 aliphatic rings. The third-order valence-electron chi connectivity index (χ3n) is 2.69. The largest absolute Gasteiger partial charge is 0.460 e. The quantitative estimate of drug-likeness (QED) is 0.516. The first-order chi connectivity index (χ1) is 11.2. The molecule has 2 rings (SSSR count). The Labute approximate surface area is 143 Å². The van der Waals surface area contributed by atoms with Crippen LogP contribution in [0.5, 0.6) is 0 Å². The first-order valence-corrected chi connectivity index (χ1v) is 8.13. The van der Waals surface area contributed by atoms with Gasteiger partial charge in [-0.25, -0.2) is 14.6 Å². The molecule has 0 fully saturated rings. The van der Waals surface area contributed by atoms with Gasteiger partial charge in [0.15, 0.2) is 5.01 Å². The van der Waals surface area contributed by atoms with Crippen LogP contribution in [0.4, 0.5) is 10.5 Å². The summed E-state index contributed by atoms with van der Waals surface area (Å²) >= 11 is 1.06. The number of nitrogens with zero attached hydrogens (tertiary/aromatic N) is 1. The Hall–Kier alpha value is -2.48. The molecule has 2 aromatic rings. The molecule has 24 heavy (non-hydrogen) atoms. The second-order valence-corrected chi connectivity index (χ2v) is 6.91. The van der Waals surface area contributed by atoms with Crippen molar-refractivity contribution in [3.05, 3.63) is 23.2 Å². The van der Waals surface area contributed by atoms with Crippen molar-refractivity contribution < 1.29 is 23.9 Å².